The van der Waals surface area contributed by atoms with E-state index < -0.39 is 11.9 Å². The molecule has 0 amide bonds. The van der Waals surface area contributed by atoms with Gasteiger partial charge in [0.1, 0.15) is 0 Å². The molecule has 76 valence electrons. The van der Waals surface area contributed by atoms with Crippen molar-refractivity contribution in [2.45, 2.75) is 12.8 Å². The normalized spacial score (nSPS) is 11.1. The number of halogens is 2. The number of rotatable bonds is 2. The lowest BCUT2D eigenvalue weighted by Crippen LogP contribution is -2.10. The lowest BCUT2D eigenvalue weighted by Gasteiger charge is -2.10. The summed E-state index contributed by atoms with van der Waals surface area (Å²) in [5.74, 6) is -3.68. The van der Waals surface area contributed by atoms with Gasteiger partial charge < -0.3 is 4.74 Å². The number of ether oxygens (including phenoxy) is 1. The predicted molar refractivity (Wildman–Crippen MR) is 45.1 cm³/mol. The molecule has 14 heavy (non-hydrogen) atoms. The van der Waals surface area contributed by atoms with Gasteiger partial charge in [0.15, 0.2) is 0 Å². The second-order valence-electron chi connectivity index (χ2n) is 2.84. The van der Waals surface area contributed by atoms with E-state index in [9.17, 15) is 13.6 Å². The Balaban J connectivity index is 3.08. The molecule has 1 rings (SSSR count). The Labute approximate surface area is 79.7 Å². The molecule has 5 heteroatoms. The Kier molecular flexibility index (Phi) is 2.78. The number of carbonyl (C=O) groups is 1. The minimum atomic E-state index is -3.00. The Morgan fingerprint density at radius 1 is 1.50 bits per heavy atom. The number of esters is 1. The number of nitrogens with zero attached hydrogens (tertiary/aromatic N) is 1. The van der Waals surface area contributed by atoms with Crippen LogP contribution in [0.5, 0.6) is 0 Å². The maximum absolute atomic E-state index is 12.8. The van der Waals surface area contributed by atoms with Crippen LogP contribution in [0.25, 0.3) is 0 Å². The summed E-state index contributed by atoms with van der Waals surface area (Å²) in [5, 5.41) is 0. The van der Waals surface area contributed by atoms with Gasteiger partial charge in [-0.2, -0.15) is 0 Å². The van der Waals surface area contributed by atoms with E-state index in [2.05, 4.69) is 9.72 Å². The van der Waals surface area contributed by atoms with Gasteiger partial charge in [-0.05, 0) is 6.07 Å². The van der Waals surface area contributed by atoms with Gasteiger partial charge >= 0.3 is 5.97 Å². The highest BCUT2D eigenvalue weighted by molar-refractivity contribution is 5.89. The predicted octanol–water partition coefficient (Wildman–Crippen LogP) is 1.98. The van der Waals surface area contributed by atoms with Crippen molar-refractivity contribution in [3.8, 4) is 0 Å². The summed E-state index contributed by atoms with van der Waals surface area (Å²) in [6.45, 7) is 0.741. The highest BCUT2D eigenvalue weighted by atomic mass is 19.3. The van der Waals surface area contributed by atoms with Gasteiger partial charge in [0.2, 0.25) is 0 Å². The van der Waals surface area contributed by atoms with Crippen LogP contribution in [0, 0.1) is 0 Å². The van der Waals surface area contributed by atoms with Gasteiger partial charge in [-0.3, -0.25) is 4.98 Å². The molecule has 0 N–H and O–H groups in total. The van der Waals surface area contributed by atoms with Gasteiger partial charge in [0.25, 0.3) is 5.92 Å². The SMILES string of the molecule is COC(=O)c1cncc(C(C)(F)F)c1. The third kappa shape index (κ3) is 2.25. The number of pyridine rings is 1. The lowest BCUT2D eigenvalue weighted by atomic mass is 10.1. The average molecular weight is 201 g/mol. The van der Waals surface area contributed by atoms with Gasteiger partial charge in [-0.15, -0.1) is 0 Å². The molecule has 0 saturated heterocycles. The maximum atomic E-state index is 12.8. The highest BCUT2D eigenvalue weighted by Gasteiger charge is 2.25. The van der Waals surface area contributed by atoms with Crippen molar-refractivity contribution in [2.75, 3.05) is 7.11 Å². The molecule has 0 saturated carbocycles. The standard InChI is InChI=1S/C9H9F2NO2/c1-9(10,11)7-3-6(4-12-5-7)8(13)14-2/h3-5H,1-2H3. The van der Waals surface area contributed by atoms with Gasteiger partial charge in [0.05, 0.1) is 12.7 Å². The first kappa shape index (κ1) is 10.6. The molecule has 0 aromatic carbocycles. The summed E-state index contributed by atoms with van der Waals surface area (Å²) in [4.78, 5) is 14.5. The second kappa shape index (κ2) is 3.69. The smallest absolute Gasteiger partial charge is 0.339 e. The molecule has 0 spiro atoms. The van der Waals surface area contributed by atoms with Crippen molar-refractivity contribution in [1.29, 1.82) is 0 Å². The zero-order valence-corrected chi connectivity index (χ0v) is 7.75. The van der Waals surface area contributed by atoms with Gasteiger partial charge in [-0.1, -0.05) is 0 Å². The molecule has 1 aromatic rings. The van der Waals surface area contributed by atoms with Crippen molar-refractivity contribution in [2.24, 2.45) is 0 Å². The topological polar surface area (TPSA) is 39.2 Å². The number of aromatic nitrogens is 1. The van der Waals surface area contributed by atoms with Crippen LogP contribution in [-0.4, -0.2) is 18.1 Å². The lowest BCUT2D eigenvalue weighted by molar-refractivity contribution is 0.0170. The van der Waals surface area contributed by atoms with Crippen LogP contribution in [0.15, 0.2) is 18.5 Å². The van der Waals surface area contributed by atoms with Crippen molar-refractivity contribution >= 4 is 5.97 Å². The Hall–Kier alpha value is -1.52. The molecule has 0 aliphatic heterocycles. The van der Waals surface area contributed by atoms with Crippen LogP contribution in [0.3, 0.4) is 0 Å². The third-order valence-electron chi connectivity index (χ3n) is 1.67. The summed E-state index contributed by atoms with van der Waals surface area (Å²) >= 11 is 0. The van der Waals surface area contributed by atoms with Crippen molar-refractivity contribution in [1.82, 2.24) is 4.98 Å². The minimum absolute atomic E-state index is 0.0199. The van der Waals surface area contributed by atoms with E-state index in [1.165, 1.54) is 13.3 Å². The number of hydrogen-bond donors (Lipinski definition) is 0. The van der Waals surface area contributed by atoms with Gasteiger partial charge in [-0.25, -0.2) is 13.6 Å². The van der Waals surface area contributed by atoms with E-state index >= 15 is 0 Å². The van der Waals surface area contributed by atoms with Gasteiger partial charge in [0, 0.05) is 24.9 Å². The first-order valence-electron chi connectivity index (χ1n) is 3.87. The van der Waals surface area contributed by atoms with Crippen LogP contribution in [0.1, 0.15) is 22.8 Å². The summed E-state index contributed by atoms with van der Waals surface area (Å²) in [5.41, 5.74) is -0.285. The number of hydrogen-bond acceptors (Lipinski definition) is 3. The minimum Gasteiger partial charge on any atom is -0.465 e. The summed E-state index contributed by atoms with van der Waals surface area (Å²) in [6, 6.07) is 1.07. The number of alkyl halides is 2. The van der Waals surface area contributed by atoms with E-state index in [1.807, 2.05) is 0 Å². The maximum Gasteiger partial charge on any atom is 0.339 e. The monoisotopic (exact) mass is 201 g/mol. The molecule has 0 fully saturated rings. The molecule has 0 radical (unpaired) electrons. The quantitative estimate of drug-likeness (QED) is 0.687. The second-order valence-corrected chi connectivity index (χ2v) is 2.84. The Morgan fingerprint density at radius 2 is 2.14 bits per heavy atom. The van der Waals surface area contributed by atoms with E-state index in [4.69, 9.17) is 0 Å². The molecule has 0 atom stereocenters. The van der Waals surface area contributed by atoms with Crippen LogP contribution < -0.4 is 0 Å². The molecule has 0 aliphatic carbocycles. The van der Waals surface area contributed by atoms with Crippen LogP contribution in [-0.2, 0) is 10.7 Å². The average Bonchev–Trinajstić information content (AvgIpc) is 2.15. The van der Waals surface area contributed by atoms with Crippen LogP contribution in [0.2, 0.25) is 0 Å². The largest absolute Gasteiger partial charge is 0.465 e. The van der Waals surface area contributed by atoms with Crippen molar-refractivity contribution < 1.29 is 18.3 Å². The molecular weight excluding hydrogens is 192 g/mol. The molecule has 3 nitrogen and oxygen atoms in total. The molecule has 0 aliphatic rings. The first-order valence-corrected chi connectivity index (χ1v) is 3.87. The van der Waals surface area contributed by atoms with Crippen molar-refractivity contribution in [3.05, 3.63) is 29.6 Å². The third-order valence-corrected chi connectivity index (χ3v) is 1.67. The number of carbonyl (C=O) groups excluding carboxylic acids is 1. The van der Waals surface area contributed by atoms with Crippen molar-refractivity contribution in [3.63, 3.8) is 0 Å². The Bertz CT molecular complexity index is 347. The fraction of sp³-hybridized carbons (Fsp3) is 0.333. The fourth-order valence-electron chi connectivity index (χ4n) is 0.909. The summed E-state index contributed by atoms with van der Waals surface area (Å²) in [6.07, 6.45) is 2.20. The Morgan fingerprint density at radius 3 is 2.64 bits per heavy atom. The zero-order chi connectivity index (χ0) is 10.8. The molecule has 0 bridgehead atoms. The first-order chi connectivity index (χ1) is 6.45. The van der Waals surface area contributed by atoms with E-state index in [-0.39, 0.29) is 11.1 Å². The van der Waals surface area contributed by atoms with Crippen LogP contribution >= 0.6 is 0 Å². The van der Waals surface area contributed by atoms with Crippen LogP contribution in [0.4, 0.5) is 8.78 Å². The molecule has 1 aromatic heterocycles. The highest BCUT2D eigenvalue weighted by Crippen LogP contribution is 2.26. The van der Waals surface area contributed by atoms with E-state index in [1.54, 1.807) is 0 Å². The van der Waals surface area contributed by atoms with E-state index in [0.29, 0.717) is 0 Å². The fourth-order valence-corrected chi connectivity index (χ4v) is 0.909. The summed E-state index contributed by atoms with van der Waals surface area (Å²) in [7, 11) is 1.18. The molecule has 0 unspecified atom stereocenters. The number of methoxy groups -OCH3 is 1. The van der Waals surface area contributed by atoms with E-state index in [0.717, 1.165) is 19.2 Å². The molecule has 1 heterocycles. The summed E-state index contributed by atoms with van der Waals surface area (Å²) < 4.78 is 30.0. The molecular formula is C9H9F2NO2. The zero-order valence-electron chi connectivity index (χ0n) is 7.75.